The molecule has 3 aromatic rings. The number of nitrogens with zero attached hydrogens (tertiary/aromatic N) is 2. The van der Waals surface area contributed by atoms with Crippen LogP contribution in [0.3, 0.4) is 0 Å². The molecule has 0 aliphatic carbocycles. The van der Waals surface area contributed by atoms with Gasteiger partial charge in [-0.3, -0.25) is 4.79 Å². The predicted molar refractivity (Wildman–Crippen MR) is 97.5 cm³/mol. The Morgan fingerprint density at radius 2 is 1.78 bits per heavy atom. The van der Waals surface area contributed by atoms with Crippen molar-refractivity contribution < 1.29 is 18.7 Å². The lowest BCUT2D eigenvalue weighted by Gasteiger charge is -2.10. The maximum absolute atomic E-state index is 12.3. The Balaban J connectivity index is 1.62. The van der Waals surface area contributed by atoms with Crippen molar-refractivity contribution in [2.45, 2.75) is 26.5 Å². The van der Waals surface area contributed by atoms with Crippen molar-refractivity contribution in [3.8, 4) is 11.5 Å². The number of benzene rings is 2. The largest absolute Gasteiger partial charge is 0.449 e. The van der Waals surface area contributed by atoms with Gasteiger partial charge in [0.2, 0.25) is 11.8 Å². The third-order valence-electron chi connectivity index (χ3n) is 3.82. The molecule has 27 heavy (non-hydrogen) atoms. The lowest BCUT2D eigenvalue weighted by molar-refractivity contribution is -0.119. The van der Waals surface area contributed by atoms with E-state index in [2.05, 4.69) is 15.5 Å². The van der Waals surface area contributed by atoms with Gasteiger partial charge in [-0.05, 0) is 36.8 Å². The van der Waals surface area contributed by atoms with Crippen LogP contribution in [-0.4, -0.2) is 22.1 Å². The van der Waals surface area contributed by atoms with Crippen molar-refractivity contribution in [3.05, 3.63) is 71.6 Å². The molecule has 0 fully saturated rings. The van der Waals surface area contributed by atoms with E-state index in [-0.39, 0.29) is 11.8 Å². The Morgan fingerprint density at radius 1 is 1.07 bits per heavy atom. The molecule has 1 amide bonds. The highest BCUT2D eigenvalue weighted by atomic mass is 16.6. The van der Waals surface area contributed by atoms with Gasteiger partial charge in [0.05, 0.1) is 5.56 Å². The summed E-state index contributed by atoms with van der Waals surface area (Å²) >= 11 is 0. The second-order valence-electron chi connectivity index (χ2n) is 5.97. The maximum atomic E-state index is 12.3. The molecule has 7 heteroatoms. The summed E-state index contributed by atoms with van der Waals surface area (Å²) in [5, 5.41) is 10.6. The summed E-state index contributed by atoms with van der Waals surface area (Å²) in [4.78, 5) is 23.2. The second kappa shape index (κ2) is 8.27. The normalized spacial score (nSPS) is 11.6. The van der Waals surface area contributed by atoms with Crippen molar-refractivity contribution in [1.29, 1.82) is 0 Å². The van der Waals surface area contributed by atoms with Gasteiger partial charge in [-0.15, -0.1) is 10.2 Å². The summed E-state index contributed by atoms with van der Waals surface area (Å²) in [7, 11) is 0. The summed E-state index contributed by atoms with van der Waals surface area (Å²) in [6.45, 7) is 3.53. The number of ether oxygens (including phenoxy) is 1. The fourth-order valence-corrected chi connectivity index (χ4v) is 2.36. The molecular weight excluding hydrogens is 346 g/mol. The van der Waals surface area contributed by atoms with Crippen LogP contribution >= 0.6 is 0 Å². The minimum absolute atomic E-state index is 0.109. The Morgan fingerprint density at radius 3 is 2.44 bits per heavy atom. The van der Waals surface area contributed by atoms with Crippen molar-refractivity contribution >= 4 is 11.9 Å². The highest BCUT2D eigenvalue weighted by molar-refractivity contribution is 5.89. The number of aromatic nitrogens is 2. The zero-order chi connectivity index (χ0) is 19.2. The van der Waals surface area contributed by atoms with Crippen LogP contribution in [0.15, 0.2) is 59.0 Å². The monoisotopic (exact) mass is 365 g/mol. The van der Waals surface area contributed by atoms with E-state index >= 15 is 0 Å². The van der Waals surface area contributed by atoms with E-state index in [9.17, 15) is 9.59 Å². The highest BCUT2D eigenvalue weighted by Crippen LogP contribution is 2.23. The molecule has 0 aliphatic rings. The second-order valence-corrected chi connectivity index (χ2v) is 5.97. The van der Waals surface area contributed by atoms with Gasteiger partial charge in [0, 0.05) is 19.0 Å². The van der Waals surface area contributed by atoms with Gasteiger partial charge < -0.3 is 14.5 Å². The molecule has 2 aromatic carbocycles. The first-order chi connectivity index (χ1) is 13.0. The van der Waals surface area contributed by atoms with Crippen LogP contribution in [0, 0.1) is 0 Å². The zero-order valence-electron chi connectivity index (χ0n) is 15.0. The molecular formula is C20H19N3O4. The highest BCUT2D eigenvalue weighted by Gasteiger charge is 2.20. The van der Waals surface area contributed by atoms with E-state index in [0.29, 0.717) is 18.0 Å². The van der Waals surface area contributed by atoms with Gasteiger partial charge in [-0.25, -0.2) is 4.79 Å². The Hall–Kier alpha value is -3.48. The van der Waals surface area contributed by atoms with Gasteiger partial charge in [-0.2, -0.15) is 0 Å². The third kappa shape index (κ3) is 4.78. The van der Waals surface area contributed by atoms with Gasteiger partial charge in [0.25, 0.3) is 5.89 Å². The van der Waals surface area contributed by atoms with Crippen molar-refractivity contribution in [2.24, 2.45) is 0 Å². The average molecular weight is 365 g/mol. The van der Waals surface area contributed by atoms with E-state index < -0.39 is 12.1 Å². The first kappa shape index (κ1) is 18.3. The van der Waals surface area contributed by atoms with Crippen LogP contribution in [0.2, 0.25) is 0 Å². The fourth-order valence-electron chi connectivity index (χ4n) is 2.36. The van der Waals surface area contributed by atoms with E-state index in [1.807, 2.05) is 30.3 Å². The lowest BCUT2D eigenvalue weighted by atomic mass is 10.1. The lowest BCUT2D eigenvalue weighted by Crippen LogP contribution is -2.18. The van der Waals surface area contributed by atoms with E-state index in [1.165, 1.54) is 6.92 Å². The van der Waals surface area contributed by atoms with Crippen LogP contribution in [-0.2, 0) is 16.1 Å². The van der Waals surface area contributed by atoms with Crippen LogP contribution < -0.4 is 5.32 Å². The van der Waals surface area contributed by atoms with E-state index in [1.54, 1.807) is 31.2 Å². The number of amides is 1. The standard InChI is InChI=1S/C20H19N3O4/c1-13(18-22-23-19(27-18)16-6-4-3-5-7-16)26-20(25)17-10-8-15(9-11-17)12-21-14(2)24/h3-11,13H,12H2,1-2H3,(H,21,24)/t13-/m1/s1. The van der Waals surface area contributed by atoms with Crippen molar-refractivity contribution in [3.63, 3.8) is 0 Å². The summed E-state index contributed by atoms with van der Waals surface area (Å²) in [5.74, 6) is -0.00455. The topological polar surface area (TPSA) is 94.3 Å². The minimum atomic E-state index is -0.679. The Kier molecular flexibility index (Phi) is 5.61. The third-order valence-corrected chi connectivity index (χ3v) is 3.82. The number of nitrogens with one attached hydrogen (secondary N) is 1. The summed E-state index contributed by atoms with van der Waals surface area (Å²) in [5.41, 5.74) is 2.08. The molecule has 0 saturated heterocycles. The van der Waals surface area contributed by atoms with Gasteiger partial charge in [0.1, 0.15) is 0 Å². The number of carbonyl (C=O) groups excluding carboxylic acids is 2. The number of hydrogen-bond donors (Lipinski definition) is 1. The molecule has 1 heterocycles. The molecule has 7 nitrogen and oxygen atoms in total. The molecule has 0 saturated carbocycles. The SMILES string of the molecule is CC(=O)NCc1ccc(C(=O)O[C@H](C)c2nnc(-c3ccccc3)o2)cc1. The molecule has 3 rings (SSSR count). The Labute approximate surface area is 156 Å². The van der Waals surface area contributed by atoms with Gasteiger partial charge >= 0.3 is 5.97 Å². The Bertz CT molecular complexity index is 920. The summed E-state index contributed by atoms with van der Waals surface area (Å²) in [6.07, 6.45) is -0.679. The first-order valence-electron chi connectivity index (χ1n) is 8.46. The van der Waals surface area contributed by atoms with Crippen LogP contribution in [0.5, 0.6) is 0 Å². The molecule has 138 valence electrons. The molecule has 0 bridgehead atoms. The number of carbonyl (C=O) groups is 2. The molecule has 0 aliphatic heterocycles. The summed E-state index contributed by atoms with van der Waals surface area (Å²) in [6, 6.07) is 16.2. The molecule has 1 atom stereocenters. The molecule has 1 N–H and O–H groups in total. The van der Waals surface area contributed by atoms with Gasteiger partial charge in [0.15, 0.2) is 6.10 Å². The van der Waals surface area contributed by atoms with Crippen molar-refractivity contribution in [2.75, 3.05) is 0 Å². The van der Waals surface area contributed by atoms with Crippen LogP contribution in [0.25, 0.3) is 11.5 Å². The van der Waals surface area contributed by atoms with E-state index in [4.69, 9.17) is 9.15 Å². The quantitative estimate of drug-likeness (QED) is 0.674. The number of esters is 1. The molecule has 0 radical (unpaired) electrons. The number of hydrogen-bond acceptors (Lipinski definition) is 6. The molecule has 0 spiro atoms. The molecule has 1 aromatic heterocycles. The van der Waals surface area contributed by atoms with E-state index in [0.717, 1.165) is 11.1 Å². The fraction of sp³-hybridized carbons (Fsp3) is 0.200. The molecule has 0 unspecified atom stereocenters. The predicted octanol–water partition coefficient (Wildman–Crippen LogP) is 3.29. The summed E-state index contributed by atoms with van der Waals surface area (Å²) < 4.78 is 11.0. The first-order valence-corrected chi connectivity index (χ1v) is 8.46. The smallest absolute Gasteiger partial charge is 0.338 e. The zero-order valence-corrected chi connectivity index (χ0v) is 15.0. The average Bonchev–Trinajstić information content (AvgIpc) is 3.18. The number of rotatable bonds is 6. The van der Waals surface area contributed by atoms with Crippen LogP contribution in [0.4, 0.5) is 0 Å². The maximum Gasteiger partial charge on any atom is 0.338 e. The minimum Gasteiger partial charge on any atom is -0.449 e. The van der Waals surface area contributed by atoms with Crippen LogP contribution in [0.1, 0.15) is 41.8 Å². The van der Waals surface area contributed by atoms with Crippen molar-refractivity contribution in [1.82, 2.24) is 15.5 Å². The van der Waals surface area contributed by atoms with Gasteiger partial charge in [-0.1, -0.05) is 30.3 Å².